The lowest BCUT2D eigenvalue weighted by Crippen LogP contribution is -2.15. The Morgan fingerprint density at radius 1 is 1.12 bits per heavy atom. The van der Waals surface area contributed by atoms with E-state index in [0.717, 1.165) is 10.4 Å². The third-order valence-corrected chi connectivity index (χ3v) is 5.43. The van der Waals surface area contributed by atoms with Gasteiger partial charge in [0.15, 0.2) is 0 Å². The SMILES string of the molecule is CCOC(=O)c1c(-c2cccs2)csc1NC(=O)c1ccccc1OC. The average molecular weight is 387 g/mol. The number of methoxy groups -OCH3 is 1. The van der Waals surface area contributed by atoms with Crippen LogP contribution in [0.4, 0.5) is 5.00 Å². The first-order valence-electron chi connectivity index (χ1n) is 7.92. The average Bonchev–Trinajstić information content (AvgIpc) is 3.31. The molecule has 0 fully saturated rings. The van der Waals surface area contributed by atoms with Crippen molar-refractivity contribution in [2.75, 3.05) is 19.0 Å². The normalized spacial score (nSPS) is 10.4. The Bertz CT molecular complexity index is 916. The Morgan fingerprint density at radius 3 is 2.62 bits per heavy atom. The van der Waals surface area contributed by atoms with Gasteiger partial charge >= 0.3 is 5.97 Å². The molecule has 0 saturated heterocycles. The number of esters is 1. The number of ether oxygens (including phenoxy) is 2. The molecule has 0 spiro atoms. The van der Waals surface area contributed by atoms with Crippen LogP contribution in [0.3, 0.4) is 0 Å². The minimum atomic E-state index is -0.451. The van der Waals surface area contributed by atoms with Gasteiger partial charge in [0.25, 0.3) is 5.91 Å². The number of hydrogen-bond donors (Lipinski definition) is 1. The monoisotopic (exact) mass is 387 g/mol. The van der Waals surface area contributed by atoms with Crippen molar-refractivity contribution in [1.82, 2.24) is 0 Å². The van der Waals surface area contributed by atoms with E-state index in [9.17, 15) is 9.59 Å². The summed E-state index contributed by atoms with van der Waals surface area (Å²) in [4.78, 5) is 26.1. The van der Waals surface area contributed by atoms with Crippen molar-refractivity contribution < 1.29 is 19.1 Å². The number of carbonyl (C=O) groups is 2. The first kappa shape index (κ1) is 18.2. The van der Waals surface area contributed by atoms with E-state index in [0.29, 0.717) is 21.9 Å². The maximum absolute atomic E-state index is 12.7. The van der Waals surface area contributed by atoms with Crippen LogP contribution in [0.1, 0.15) is 27.6 Å². The van der Waals surface area contributed by atoms with Crippen molar-refractivity contribution in [2.45, 2.75) is 6.92 Å². The minimum absolute atomic E-state index is 0.262. The zero-order chi connectivity index (χ0) is 18.5. The molecule has 0 aliphatic carbocycles. The summed E-state index contributed by atoms with van der Waals surface area (Å²) in [6.45, 7) is 2.01. The number of anilines is 1. The molecule has 0 aliphatic rings. The molecular formula is C19H17NO4S2. The van der Waals surface area contributed by atoms with Crippen molar-refractivity contribution in [3.63, 3.8) is 0 Å². The Labute approximate surface area is 159 Å². The Balaban J connectivity index is 1.97. The second-order valence-corrected chi connectivity index (χ2v) is 7.03. The summed E-state index contributed by atoms with van der Waals surface area (Å²) in [6.07, 6.45) is 0. The molecule has 134 valence electrons. The molecule has 0 aliphatic heterocycles. The summed E-state index contributed by atoms with van der Waals surface area (Å²) >= 11 is 2.82. The second kappa shape index (κ2) is 8.16. The van der Waals surface area contributed by atoms with E-state index in [1.54, 1.807) is 31.2 Å². The highest BCUT2D eigenvalue weighted by molar-refractivity contribution is 7.17. The predicted octanol–water partition coefficient (Wildman–Crippen LogP) is 4.91. The Morgan fingerprint density at radius 2 is 1.92 bits per heavy atom. The van der Waals surface area contributed by atoms with E-state index in [1.165, 1.54) is 29.8 Å². The van der Waals surface area contributed by atoms with Crippen LogP contribution in [-0.4, -0.2) is 25.6 Å². The van der Waals surface area contributed by atoms with Gasteiger partial charge in [0.2, 0.25) is 0 Å². The highest BCUT2D eigenvalue weighted by atomic mass is 32.1. The molecule has 0 atom stereocenters. The molecule has 2 heterocycles. The molecule has 0 saturated carbocycles. The molecule has 0 radical (unpaired) electrons. The Hall–Kier alpha value is -2.64. The van der Waals surface area contributed by atoms with Gasteiger partial charge in [0.05, 0.1) is 19.3 Å². The third-order valence-electron chi connectivity index (χ3n) is 3.64. The van der Waals surface area contributed by atoms with Crippen LogP contribution in [-0.2, 0) is 4.74 Å². The van der Waals surface area contributed by atoms with Crippen molar-refractivity contribution in [3.8, 4) is 16.2 Å². The van der Waals surface area contributed by atoms with E-state index >= 15 is 0 Å². The summed E-state index contributed by atoms with van der Waals surface area (Å²) in [5.41, 5.74) is 1.54. The number of hydrogen-bond acceptors (Lipinski definition) is 6. The number of nitrogens with one attached hydrogen (secondary N) is 1. The van der Waals surface area contributed by atoms with Gasteiger partial charge in [-0.15, -0.1) is 22.7 Å². The number of rotatable bonds is 6. The van der Waals surface area contributed by atoms with Crippen LogP contribution in [0.2, 0.25) is 0 Å². The summed E-state index contributed by atoms with van der Waals surface area (Å²) in [5, 5.41) is 7.08. The maximum atomic E-state index is 12.7. The molecule has 1 aromatic carbocycles. The lowest BCUT2D eigenvalue weighted by molar-refractivity contribution is 0.0529. The smallest absolute Gasteiger partial charge is 0.341 e. The highest BCUT2D eigenvalue weighted by Crippen LogP contribution is 2.38. The number of amides is 1. The van der Waals surface area contributed by atoms with Crippen LogP contribution < -0.4 is 10.1 Å². The van der Waals surface area contributed by atoms with Crippen molar-refractivity contribution in [1.29, 1.82) is 0 Å². The first-order chi connectivity index (χ1) is 12.7. The van der Waals surface area contributed by atoms with Gasteiger partial charge < -0.3 is 14.8 Å². The van der Waals surface area contributed by atoms with Crippen LogP contribution >= 0.6 is 22.7 Å². The van der Waals surface area contributed by atoms with Gasteiger partial charge in [-0.2, -0.15) is 0 Å². The number of para-hydroxylation sites is 1. The molecule has 1 amide bonds. The van der Waals surface area contributed by atoms with Crippen molar-refractivity contribution >= 4 is 39.6 Å². The first-order valence-corrected chi connectivity index (χ1v) is 9.68. The van der Waals surface area contributed by atoms with E-state index in [-0.39, 0.29) is 12.5 Å². The van der Waals surface area contributed by atoms with Gasteiger partial charge in [0, 0.05) is 15.8 Å². The zero-order valence-electron chi connectivity index (χ0n) is 14.3. The van der Waals surface area contributed by atoms with E-state index in [2.05, 4.69) is 5.32 Å². The van der Waals surface area contributed by atoms with Gasteiger partial charge in [-0.1, -0.05) is 18.2 Å². The molecule has 7 heteroatoms. The van der Waals surface area contributed by atoms with Crippen molar-refractivity contribution in [3.05, 3.63) is 58.3 Å². The fraction of sp³-hybridized carbons (Fsp3) is 0.158. The molecule has 2 aromatic heterocycles. The largest absolute Gasteiger partial charge is 0.496 e. The molecule has 5 nitrogen and oxygen atoms in total. The quantitative estimate of drug-likeness (QED) is 0.610. The molecule has 0 bridgehead atoms. The van der Waals surface area contributed by atoms with Crippen molar-refractivity contribution in [2.24, 2.45) is 0 Å². The maximum Gasteiger partial charge on any atom is 0.341 e. The van der Waals surface area contributed by atoms with Crippen LogP contribution in [0.15, 0.2) is 47.2 Å². The zero-order valence-corrected chi connectivity index (χ0v) is 15.9. The van der Waals surface area contributed by atoms with Crippen LogP contribution in [0.5, 0.6) is 5.75 Å². The van der Waals surface area contributed by atoms with E-state index < -0.39 is 5.97 Å². The third kappa shape index (κ3) is 3.63. The van der Waals surface area contributed by atoms with Crippen LogP contribution in [0.25, 0.3) is 10.4 Å². The second-order valence-electron chi connectivity index (χ2n) is 5.21. The van der Waals surface area contributed by atoms with Gasteiger partial charge in [-0.05, 0) is 30.5 Å². The minimum Gasteiger partial charge on any atom is -0.496 e. The molecule has 26 heavy (non-hydrogen) atoms. The fourth-order valence-corrected chi connectivity index (χ4v) is 4.24. The summed E-state index contributed by atoms with van der Waals surface area (Å²) in [6, 6.07) is 10.8. The van der Waals surface area contributed by atoms with E-state index in [1.807, 2.05) is 22.9 Å². The molecule has 1 N–H and O–H groups in total. The predicted molar refractivity (Wildman–Crippen MR) is 105 cm³/mol. The number of carbonyl (C=O) groups excluding carboxylic acids is 2. The summed E-state index contributed by atoms with van der Waals surface area (Å²) < 4.78 is 10.4. The number of benzene rings is 1. The lowest BCUT2D eigenvalue weighted by Gasteiger charge is -2.10. The molecule has 0 unspecified atom stereocenters. The van der Waals surface area contributed by atoms with Gasteiger partial charge in [0.1, 0.15) is 16.3 Å². The summed E-state index contributed by atoms with van der Waals surface area (Å²) in [7, 11) is 1.51. The lowest BCUT2D eigenvalue weighted by atomic mass is 10.1. The molecule has 3 aromatic rings. The number of thiophene rings is 2. The summed E-state index contributed by atoms with van der Waals surface area (Å²) in [5.74, 6) is -0.322. The molecule has 3 rings (SSSR count). The topological polar surface area (TPSA) is 64.6 Å². The standard InChI is InChI=1S/C19H17NO4S2/c1-3-24-19(22)16-13(15-9-6-10-25-15)11-26-18(16)20-17(21)12-7-4-5-8-14(12)23-2/h4-11H,3H2,1-2H3,(H,20,21). The van der Waals surface area contributed by atoms with Gasteiger partial charge in [-0.3, -0.25) is 4.79 Å². The van der Waals surface area contributed by atoms with E-state index in [4.69, 9.17) is 9.47 Å². The molecular weight excluding hydrogens is 370 g/mol. The van der Waals surface area contributed by atoms with Gasteiger partial charge in [-0.25, -0.2) is 4.79 Å². The fourth-order valence-electron chi connectivity index (χ4n) is 2.47. The van der Waals surface area contributed by atoms with Crippen LogP contribution in [0, 0.1) is 0 Å². The Kier molecular flexibility index (Phi) is 5.70. The highest BCUT2D eigenvalue weighted by Gasteiger charge is 2.24.